The zero-order valence-electron chi connectivity index (χ0n) is 11.4. The first-order valence-electron chi connectivity index (χ1n) is 6.98. The van der Waals surface area contributed by atoms with E-state index in [-0.39, 0.29) is 16.5 Å². The van der Waals surface area contributed by atoms with Crippen molar-refractivity contribution in [3.8, 4) is 0 Å². The first kappa shape index (κ1) is 15.8. The number of aliphatic carboxylic acids is 1. The highest BCUT2D eigenvalue weighted by Gasteiger charge is 2.31. The SMILES string of the molecule is O=C(NC(C(=O)O)C1CCCCC1)c1ccc(Cl)c(F)c1. The van der Waals surface area contributed by atoms with Gasteiger partial charge in [-0.15, -0.1) is 0 Å². The molecule has 1 saturated carbocycles. The highest BCUT2D eigenvalue weighted by Crippen LogP contribution is 2.27. The van der Waals surface area contributed by atoms with Crippen LogP contribution in [-0.2, 0) is 4.79 Å². The fourth-order valence-electron chi connectivity index (χ4n) is 2.71. The number of rotatable bonds is 4. The summed E-state index contributed by atoms with van der Waals surface area (Å²) in [5, 5.41) is 11.7. The summed E-state index contributed by atoms with van der Waals surface area (Å²) in [5.74, 6) is -2.42. The molecule has 0 aliphatic heterocycles. The average Bonchev–Trinajstić information content (AvgIpc) is 2.48. The van der Waals surface area contributed by atoms with Crippen LogP contribution < -0.4 is 5.32 Å². The number of hydrogen-bond acceptors (Lipinski definition) is 2. The fourth-order valence-corrected chi connectivity index (χ4v) is 2.83. The Kier molecular flexibility index (Phi) is 5.17. The summed E-state index contributed by atoms with van der Waals surface area (Å²) in [7, 11) is 0. The van der Waals surface area contributed by atoms with Crippen LogP contribution in [0.2, 0.25) is 5.02 Å². The number of carbonyl (C=O) groups excluding carboxylic acids is 1. The van der Waals surface area contributed by atoms with E-state index in [2.05, 4.69) is 5.32 Å². The highest BCUT2D eigenvalue weighted by molar-refractivity contribution is 6.30. The molecule has 21 heavy (non-hydrogen) atoms. The summed E-state index contributed by atoms with van der Waals surface area (Å²) in [6, 6.07) is 2.73. The summed E-state index contributed by atoms with van der Waals surface area (Å²) < 4.78 is 13.4. The van der Waals surface area contributed by atoms with Gasteiger partial charge in [0.2, 0.25) is 0 Å². The third kappa shape index (κ3) is 3.94. The molecule has 0 spiro atoms. The van der Waals surface area contributed by atoms with Crippen LogP contribution in [0.5, 0.6) is 0 Å². The van der Waals surface area contributed by atoms with Crippen molar-refractivity contribution in [1.29, 1.82) is 0 Å². The van der Waals surface area contributed by atoms with E-state index in [1.165, 1.54) is 12.1 Å². The van der Waals surface area contributed by atoms with E-state index in [0.29, 0.717) is 0 Å². The van der Waals surface area contributed by atoms with E-state index < -0.39 is 23.7 Å². The third-order valence-corrected chi connectivity index (χ3v) is 4.16. The number of halogens is 2. The van der Waals surface area contributed by atoms with E-state index in [4.69, 9.17) is 11.6 Å². The standard InChI is InChI=1S/C15H17ClFNO3/c16-11-7-6-10(8-12(11)17)14(19)18-13(15(20)21)9-4-2-1-3-5-9/h6-9,13H,1-5H2,(H,18,19)(H,20,21). The predicted octanol–water partition coefficient (Wildman–Crippen LogP) is 3.24. The molecule has 4 nitrogen and oxygen atoms in total. The molecule has 1 aliphatic rings. The largest absolute Gasteiger partial charge is 0.480 e. The summed E-state index contributed by atoms with van der Waals surface area (Å²) in [4.78, 5) is 23.5. The van der Waals surface area contributed by atoms with Crippen molar-refractivity contribution in [2.45, 2.75) is 38.1 Å². The molecule has 0 bridgehead atoms. The number of carboxylic acid groups (broad SMARTS) is 1. The highest BCUT2D eigenvalue weighted by atomic mass is 35.5. The molecule has 0 saturated heterocycles. The van der Waals surface area contributed by atoms with Gasteiger partial charge < -0.3 is 10.4 Å². The molecule has 1 fully saturated rings. The molecular formula is C15H17ClFNO3. The van der Waals surface area contributed by atoms with Crippen LogP contribution in [0.1, 0.15) is 42.5 Å². The van der Waals surface area contributed by atoms with Gasteiger partial charge in [-0.05, 0) is 37.0 Å². The minimum Gasteiger partial charge on any atom is -0.480 e. The molecule has 1 aliphatic carbocycles. The Bertz CT molecular complexity index is 544. The van der Waals surface area contributed by atoms with Crippen molar-refractivity contribution in [3.05, 3.63) is 34.6 Å². The maximum Gasteiger partial charge on any atom is 0.326 e. The fraction of sp³-hybridized carbons (Fsp3) is 0.467. The quantitative estimate of drug-likeness (QED) is 0.896. The van der Waals surface area contributed by atoms with Gasteiger partial charge in [-0.25, -0.2) is 9.18 Å². The van der Waals surface area contributed by atoms with E-state index in [1.54, 1.807) is 0 Å². The molecular weight excluding hydrogens is 297 g/mol. The van der Waals surface area contributed by atoms with Crippen LogP contribution in [0.4, 0.5) is 4.39 Å². The van der Waals surface area contributed by atoms with Crippen LogP contribution >= 0.6 is 11.6 Å². The van der Waals surface area contributed by atoms with Crippen LogP contribution in [0, 0.1) is 11.7 Å². The topological polar surface area (TPSA) is 66.4 Å². The number of hydrogen-bond donors (Lipinski definition) is 2. The summed E-state index contributed by atoms with van der Waals surface area (Å²) in [6.45, 7) is 0. The molecule has 1 atom stereocenters. The smallest absolute Gasteiger partial charge is 0.326 e. The molecule has 0 heterocycles. The van der Waals surface area contributed by atoms with Gasteiger partial charge in [0.25, 0.3) is 5.91 Å². The lowest BCUT2D eigenvalue weighted by Gasteiger charge is -2.28. The predicted molar refractivity (Wildman–Crippen MR) is 76.9 cm³/mol. The number of nitrogens with one attached hydrogen (secondary N) is 1. The molecule has 114 valence electrons. The molecule has 1 amide bonds. The Labute approximate surface area is 127 Å². The molecule has 1 aromatic carbocycles. The maximum absolute atomic E-state index is 13.4. The van der Waals surface area contributed by atoms with Crippen molar-refractivity contribution in [2.75, 3.05) is 0 Å². The Morgan fingerprint density at radius 2 is 1.95 bits per heavy atom. The Balaban J connectivity index is 2.10. The Hall–Kier alpha value is -1.62. The average molecular weight is 314 g/mol. The molecule has 1 aromatic rings. The minimum absolute atomic E-state index is 0.0685. The molecule has 2 rings (SSSR count). The monoisotopic (exact) mass is 313 g/mol. The third-order valence-electron chi connectivity index (χ3n) is 3.86. The first-order valence-corrected chi connectivity index (χ1v) is 7.35. The van der Waals surface area contributed by atoms with Gasteiger partial charge in [-0.1, -0.05) is 30.9 Å². The van der Waals surface area contributed by atoms with Crippen LogP contribution in [-0.4, -0.2) is 23.0 Å². The van der Waals surface area contributed by atoms with Crippen LogP contribution in [0.15, 0.2) is 18.2 Å². The van der Waals surface area contributed by atoms with Gasteiger partial charge in [0.05, 0.1) is 5.02 Å². The number of amides is 1. The second kappa shape index (κ2) is 6.89. The number of carboxylic acids is 1. The maximum atomic E-state index is 13.4. The second-order valence-electron chi connectivity index (χ2n) is 5.32. The molecule has 6 heteroatoms. The van der Waals surface area contributed by atoms with Crippen molar-refractivity contribution in [2.24, 2.45) is 5.92 Å². The van der Waals surface area contributed by atoms with Crippen LogP contribution in [0.25, 0.3) is 0 Å². The molecule has 0 aromatic heterocycles. The van der Waals surface area contributed by atoms with Gasteiger partial charge in [0, 0.05) is 5.56 Å². The van der Waals surface area contributed by atoms with E-state index >= 15 is 0 Å². The summed E-state index contributed by atoms with van der Waals surface area (Å²) >= 11 is 5.56. The first-order chi connectivity index (χ1) is 9.99. The lowest BCUT2D eigenvalue weighted by atomic mass is 9.84. The lowest BCUT2D eigenvalue weighted by molar-refractivity contribution is -0.141. The van der Waals surface area contributed by atoms with Gasteiger partial charge in [-0.2, -0.15) is 0 Å². The van der Waals surface area contributed by atoms with Crippen molar-refractivity contribution < 1.29 is 19.1 Å². The van der Waals surface area contributed by atoms with Crippen LogP contribution in [0.3, 0.4) is 0 Å². The summed E-state index contributed by atoms with van der Waals surface area (Å²) in [5.41, 5.74) is 0.0685. The van der Waals surface area contributed by atoms with Crippen molar-refractivity contribution in [1.82, 2.24) is 5.32 Å². The molecule has 2 N–H and O–H groups in total. The number of carbonyl (C=O) groups is 2. The van der Waals surface area contributed by atoms with Gasteiger partial charge in [0.1, 0.15) is 11.9 Å². The van der Waals surface area contributed by atoms with E-state index in [9.17, 15) is 19.1 Å². The number of benzene rings is 1. The van der Waals surface area contributed by atoms with Crippen molar-refractivity contribution in [3.63, 3.8) is 0 Å². The van der Waals surface area contributed by atoms with Gasteiger partial charge in [0.15, 0.2) is 0 Å². The van der Waals surface area contributed by atoms with Gasteiger partial charge in [-0.3, -0.25) is 4.79 Å². The zero-order chi connectivity index (χ0) is 15.4. The van der Waals surface area contributed by atoms with E-state index in [0.717, 1.165) is 38.2 Å². The normalized spacial score (nSPS) is 17.2. The second-order valence-corrected chi connectivity index (χ2v) is 5.72. The summed E-state index contributed by atoms with van der Waals surface area (Å²) in [6.07, 6.45) is 4.61. The molecule has 1 unspecified atom stereocenters. The van der Waals surface area contributed by atoms with E-state index in [1.807, 2.05) is 0 Å². The van der Waals surface area contributed by atoms with Gasteiger partial charge >= 0.3 is 5.97 Å². The molecule has 0 radical (unpaired) electrons. The zero-order valence-corrected chi connectivity index (χ0v) is 12.2. The van der Waals surface area contributed by atoms with Crippen molar-refractivity contribution >= 4 is 23.5 Å². The minimum atomic E-state index is -1.05. The Morgan fingerprint density at radius 1 is 1.29 bits per heavy atom. The lowest BCUT2D eigenvalue weighted by Crippen LogP contribution is -2.46. The Morgan fingerprint density at radius 3 is 2.52 bits per heavy atom.